The lowest BCUT2D eigenvalue weighted by atomic mass is 10.0. The molecule has 1 amide bonds. The van der Waals surface area contributed by atoms with Gasteiger partial charge in [0.1, 0.15) is 0 Å². The number of methoxy groups -OCH3 is 2. The highest BCUT2D eigenvalue weighted by molar-refractivity contribution is 6.30. The van der Waals surface area contributed by atoms with Crippen LogP contribution in [0.25, 0.3) is 33.5 Å². The molecule has 0 atom stereocenters. The van der Waals surface area contributed by atoms with Gasteiger partial charge >= 0.3 is 0 Å². The van der Waals surface area contributed by atoms with Crippen LogP contribution in [0.3, 0.4) is 0 Å². The summed E-state index contributed by atoms with van der Waals surface area (Å²) in [7, 11) is 3.16. The molecule has 0 saturated heterocycles. The van der Waals surface area contributed by atoms with Crippen molar-refractivity contribution in [3.05, 3.63) is 94.5 Å². The number of nitrogens with one attached hydrogen (secondary N) is 2. The normalized spacial score (nSPS) is 10.9. The number of ether oxygens (including phenoxy) is 2. The highest BCUT2D eigenvalue weighted by Crippen LogP contribution is 2.35. The van der Waals surface area contributed by atoms with Gasteiger partial charge in [-0.1, -0.05) is 53.6 Å². The van der Waals surface area contributed by atoms with Gasteiger partial charge < -0.3 is 14.8 Å². The number of aromatic nitrogens is 3. The van der Waals surface area contributed by atoms with Crippen LogP contribution in [0.1, 0.15) is 21.5 Å². The van der Waals surface area contributed by atoms with E-state index >= 15 is 0 Å². The maximum Gasteiger partial charge on any atom is 0.252 e. The van der Waals surface area contributed by atoms with E-state index in [1.54, 1.807) is 38.5 Å². The van der Waals surface area contributed by atoms with E-state index in [2.05, 4.69) is 15.5 Å². The molecule has 5 rings (SSSR count). The summed E-state index contributed by atoms with van der Waals surface area (Å²) in [6.45, 7) is 2.42. The summed E-state index contributed by atoms with van der Waals surface area (Å²) in [5.41, 5.74) is 5.95. The van der Waals surface area contributed by atoms with Crippen molar-refractivity contribution in [2.75, 3.05) is 14.2 Å². The van der Waals surface area contributed by atoms with E-state index in [9.17, 15) is 4.79 Å². The van der Waals surface area contributed by atoms with Crippen LogP contribution >= 0.6 is 11.6 Å². The summed E-state index contributed by atoms with van der Waals surface area (Å²) < 4.78 is 10.8. The molecule has 3 aromatic carbocycles. The zero-order chi connectivity index (χ0) is 25.9. The number of halogens is 1. The molecule has 0 radical (unpaired) electrons. The number of hydrogen-bond acceptors (Lipinski definition) is 5. The van der Waals surface area contributed by atoms with Crippen molar-refractivity contribution in [1.82, 2.24) is 20.5 Å². The third kappa shape index (κ3) is 4.99. The van der Waals surface area contributed by atoms with E-state index in [0.717, 1.165) is 22.3 Å². The van der Waals surface area contributed by atoms with E-state index < -0.39 is 0 Å². The molecule has 7 nitrogen and oxygen atoms in total. The van der Waals surface area contributed by atoms with E-state index in [0.29, 0.717) is 51.1 Å². The van der Waals surface area contributed by atoms with Crippen LogP contribution in [0, 0.1) is 6.92 Å². The summed E-state index contributed by atoms with van der Waals surface area (Å²) in [6, 6.07) is 22.7. The van der Waals surface area contributed by atoms with Crippen molar-refractivity contribution >= 4 is 28.5 Å². The largest absolute Gasteiger partial charge is 0.493 e. The molecule has 2 aromatic heterocycles. The standard InChI is InChI=1S/C29H25ClN4O3/c1-17-4-6-18(7-5-17)16-31-29(35)22-15-23(20-10-13-24(36-2)25(14-20)37-3)32-28-26(22)27(33-34-28)19-8-11-21(30)12-9-19/h4-15H,16H2,1-3H3,(H,31,35)(H,32,33,34). The lowest BCUT2D eigenvalue weighted by Gasteiger charge is -2.12. The number of hydrogen-bond donors (Lipinski definition) is 2. The lowest BCUT2D eigenvalue weighted by Crippen LogP contribution is -2.23. The lowest BCUT2D eigenvalue weighted by molar-refractivity contribution is 0.0952. The predicted octanol–water partition coefficient (Wildman–Crippen LogP) is 6.20. The zero-order valence-electron chi connectivity index (χ0n) is 20.6. The van der Waals surface area contributed by atoms with Gasteiger partial charge in [-0.05, 0) is 48.9 Å². The van der Waals surface area contributed by atoms with Gasteiger partial charge in [0, 0.05) is 22.7 Å². The van der Waals surface area contributed by atoms with Crippen LogP contribution in [0.15, 0.2) is 72.8 Å². The molecule has 0 fully saturated rings. The average molecular weight is 513 g/mol. The Morgan fingerprint density at radius 1 is 0.919 bits per heavy atom. The second-order valence-electron chi connectivity index (χ2n) is 8.60. The van der Waals surface area contributed by atoms with Crippen molar-refractivity contribution in [3.8, 4) is 34.0 Å². The van der Waals surface area contributed by atoms with E-state index in [1.165, 1.54) is 0 Å². The number of rotatable bonds is 7. The first-order chi connectivity index (χ1) is 18.0. The summed E-state index contributed by atoms with van der Waals surface area (Å²) in [6.07, 6.45) is 0. The molecule has 186 valence electrons. The highest BCUT2D eigenvalue weighted by Gasteiger charge is 2.21. The zero-order valence-corrected chi connectivity index (χ0v) is 21.4. The third-order valence-electron chi connectivity index (χ3n) is 6.15. The van der Waals surface area contributed by atoms with Gasteiger partial charge in [-0.25, -0.2) is 4.98 Å². The van der Waals surface area contributed by atoms with Gasteiger partial charge in [0.2, 0.25) is 0 Å². The van der Waals surface area contributed by atoms with Gasteiger partial charge in [0.05, 0.1) is 36.6 Å². The number of fused-ring (bicyclic) bond motifs is 1. The maximum absolute atomic E-state index is 13.6. The Kier molecular flexibility index (Phi) is 6.79. The second kappa shape index (κ2) is 10.3. The minimum Gasteiger partial charge on any atom is -0.493 e. The van der Waals surface area contributed by atoms with Gasteiger partial charge in [-0.15, -0.1) is 0 Å². The van der Waals surface area contributed by atoms with Crippen molar-refractivity contribution in [3.63, 3.8) is 0 Å². The van der Waals surface area contributed by atoms with Crippen LogP contribution in [-0.4, -0.2) is 35.3 Å². The van der Waals surface area contributed by atoms with Gasteiger partial charge in [-0.2, -0.15) is 5.10 Å². The van der Waals surface area contributed by atoms with Crippen LogP contribution < -0.4 is 14.8 Å². The number of pyridine rings is 1. The molecule has 2 heterocycles. The topological polar surface area (TPSA) is 89.1 Å². The van der Waals surface area contributed by atoms with E-state index in [1.807, 2.05) is 55.5 Å². The Bertz CT molecular complexity index is 1580. The molecule has 5 aromatic rings. The molecule has 0 saturated carbocycles. The number of H-pyrrole nitrogens is 1. The Balaban J connectivity index is 1.61. The molecule has 0 spiro atoms. The second-order valence-corrected chi connectivity index (χ2v) is 9.03. The minimum absolute atomic E-state index is 0.230. The highest BCUT2D eigenvalue weighted by atomic mass is 35.5. The van der Waals surface area contributed by atoms with Crippen molar-refractivity contribution in [1.29, 1.82) is 0 Å². The number of carbonyl (C=O) groups excluding carboxylic acids is 1. The quantitative estimate of drug-likeness (QED) is 0.271. The van der Waals surface area contributed by atoms with E-state index in [4.69, 9.17) is 26.1 Å². The van der Waals surface area contributed by atoms with Gasteiger partial charge in [-0.3, -0.25) is 9.89 Å². The number of amides is 1. The van der Waals surface area contributed by atoms with Crippen LogP contribution in [0.4, 0.5) is 0 Å². The molecule has 0 unspecified atom stereocenters. The maximum atomic E-state index is 13.6. The number of benzene rings is 3. The predicted molar refractivity (Wildman–Crippen MR) is 145 cm³/mol. The molecule has 0 aliphatic rings. The summed E-state index contributed by atoms with van der Waals surface area (Å²) in [4.78, 5) is 18.4. The summed E-state index contributed by atoms with van der Waals surface area (Å²) >= 11 is 6.10. The molecular formula is C29H25ClN4O3. The molecule has 8 heteroatoms. The Morgan fingerprint density at radius 3 is 2.32 bits per heavy atom. The molecule has 37 heavy (non-hydrogen) atoms. The number of carbonyl (C=O) groups is 1. The fourth-order valence-electron chi connectivity index (χ4n) is 4.16. The first kappa shape index (κ1) is 24.3. The minimum atomic E-state index is -0.230. The van der Waals surface area contributed by atoms with Crippen molar-refractivity contribution < 1.29 is 14.3 Å². The average Bonchev–Trinajstić information content (AvgIpc) is 3.36. The summed E-state index contributed by atoms with van der Waals surface area (Å²) in [5.74, 6) is 0.940. The van der Waals surface area contributed by atoms with Crippen LogP contribution in [0.5, 0.6) is 11.5 Å². The van der Waals surface area contributed by atoms with Crippen LogP contribution in [-0.2, 0) is 6.54 Å². The number of aryl methyl sites for hydroxylation is 1. The molecule has 2 N–H and O–H groups in total. The van der Waals surface area contributed by atoms with Gasteiger partial charge in [0.25, 0.3) is 5.91 Å². The van der Waals surface area contributed by atoms with Crippen molar-refractivity contribution in [2.24, 2.45) is 0 Å². The fourth-order valence-corrected chi connectivity index (χ4v) is 4.28. The summed E-state index contributed by atoms with van der Waals surface area (Å²) in [5, 5.41) is 11.8. The number of aromatic amines is 1. The SMILES string of the molecule is COc1ccc(-c2cc(C(=O)NCc3ccc(C)cc3)c3c(-c4ccc(Cl)cc4)[nH]nc3n2)cc1OC. The number of nitrogens with zero attached hydrogens (tertiary/aromatic N) is 2. The fraction of sp³-hybridized carbons (Fsp3) is 0.138. The third-order valence-corrected chi connectivity index (χ3v) is 6.41. The van der Waals surface area contributed by atoms with Gasteiger partial charge in [0.15, 0.2) is 17.1 Å². The first-order valence-corrected chi connectivity index (χ1v) is 12.1. The van der Waals surface area contributed by atoms with E-state index in [-0.39, 0.29) is 5.91 Å². The molecule has 0 aliphatic carbocycles. The first-order valence-electron chi connectivity index (χ1n) is 11.7. The Hall–Kier alpha value is -4.36. The van der Waals surface area contributed by atoms with Crippen LogP contribution in [0.2, 0.25) is 5.02 Å². The van der Waals surface area contributed by atoms with Crippen molar-refractivity contribution in [2.45, 2.75) is 13.5 Å². The smallest absolute Gasteiger partial charge is 0.252 e. The molecule has 0 aliphatic heterocycles. The molecular weight excluding hydrogens is 488 g/mol. The molecule has 0 bridgehead atoms. The monoisotopic (exact) mass is 512 g/mol. The Morgan fingerprint density at radius 2 is 1.62 bits per heavy atom. The Labute approximate surface area is 219 Å².